The van der Waals surface area contributed by atoms with Crippen molar-refractivity contribution in [1.29, 1.82) is 0 Å². The smallest absolute Gasteiger partial charge is 0.270 e. The van der Waals surface area contributed by atoms with E-state index in [9.17, 15) is 4.79 Å². The van der Waals surface area contributed by atoms with Crippen LogP contribution in [0.2, 0.25) is 0 Å². The summed E-state index contributed by atoms with van der Waals surface area (Å²) in [5, 5.41) is 4.58. The molecule has 0 aromatic carbocycles. The lowest BCUT2D eigenvalue weighted by atomic mass is 10.1. The molecule has 0 aliphatic heterocycles. The van der Waals surface area contributed by atoms with E-state index in [2.05, 4.69) is 24.1 Å². The molecule has 0 atom stereocenters. The largest absolute Gasteiger partial charge is 0.351 e. The molecular weight excluding hydrogens is 184 g/mol. The summed E-state index contributed by atoms with van der Waals surface area (Å²) < 4.78 is 0. The van der Waals surface area contributed by atoms with Gasteiger partial charge in [0.2, 0.25) is 0 Å². The minimum absolute atomic E-state index is 0.0677. The molecule has 1 rings (SSSR count). The molecule has 0 fully saturated rings. The van der Waals surface area contributed by atoms with Gasteiger partial charge in [-0.2, -0.15) is 0 Å². The summed E-state index contributed by atoms with van der Waals surface area (Å²) in [6, 6.07) is 0. The van der Waals surface area contributed by atoms with Crippen molar-refractivity contribution in [3.63, 3.8) is 0 Å². The first-order valence-electron chi connectivity index (χ1n) is 4.36. The highest BCUT2D eigenvalue weighted by Gasteiger charge is 2.05. The molecule has 0 unspecified atom stereocenters. The summed E-state index contributed by atoms with van der Waals surface area (Å²) in [5.41, 5.74) is 2.19. The predicted molar refractivity (Wildman–Crippen MR) is 53.9 cm³/mol. The van der Waals surface area contributed by atoms with E-state index >= 15 is 0 Å². The minimum atomic E-state index is -0.0677. The molecule has 3 nitrogen and oxygen atoms in total. The van der Waals surface area contributed by atoms with Crippen molar-refractivity contribution in [2.45, 2.75) is 20.3 Å². The van der Waals surface area contributed by atoms with Gasteiger partial charge in [0.25, 0.3) is 5.91 Å². The van der Waals surface area contributed by atoms with Crippen LogP contribution in [0, 0.1) is 5.92 Å². The Kier molecular flexibility index (Phi) is 3.89. The third kappa shape index (κ3) is 3.55. The first-order chi connectivity index (χ1) is 6.20. The standard InChI is InChI=1S/C9H14N2OS/c1-7(2)3-4-10-9(12)8-5-13-6-11-8/h5-7H,3-4H2,1-2H3,(H,10,12). The Bertz CT molecular complexity index is 257. The van der Waals surface area contributed by atoms with E-state index in [1.165, 1.54) is 11.3 Å². The lowest BCUT2D eigenvalue weighted by Gasteiger charge is -2.04. The topological polar surface area (TPSA) is 42.0 Å². The maximum atomic E-state index is 11.3. The number of amides is 1. The lowest BCUT2D eigenvalue weighted by Crippen LogP contribution is -2.25. The van der Waals surface area contributed by atoms with Crippen molar-refractivity contribution < 1.29 is 4.79 Å². The van der Waals surface area contributed by atoms with Crippen LogP contribution in [0.3, 0.4) is 0 Å². The Hall–Kier alpha value is -0.900. The van der Waals surface area contributed by atoms with Gasteiger partial charge in [0, 0.05) is 11.9 Å². The number of carbonyl (C=O) groups is 1. The molecule has 0 radical (unpaired) electrons. The molecule has 1 heterocycles. The Morgan fingerprint density at radius 1 is 1.69 bits per heavy atom. The fourth-order valence-corrected chi connectivity index (χ4v) is 1.42. The van der Waals surface area contributed by atoms with E-state index in [0.717, 1.165) is 13.0 Å². The molecule has 0 aliphatic carbocycles. The summed E-state index contributed by atoms with van der Waals surface area (Å²) in [4.78, 5) is 15.2. The van der Waals surface area contributed by atoms with Gasteiger partial charge < -0.3 is 5.32 Å². The number of hydrogen-bond acceptors (Lipinski definition) is 3. The molecule has 1 amide bonds. The predicted octanol–water partition coefficient (Wildman–Crippen LogP) is 1.92. The van der Waals surface area contributed by atoms with E-state index < -0.39 is 0 Å². The Morgan fingerprint density at radius 2 is 2.46 bits per heavy atom. The molecule has 0 bridgehead atoms. The second-order valence-electron chi connectivity index (χ2n) is 3.31. The third-order valence-corrected chi connectivity index (χ3v) is 2.26. The third-order valence-electron chi connectivity index (χ3n) is 1.67. The number of hydrogen-bond donors (Lipinski definition) is 1. The van der Waals surface area contributed by atoms with Crippen LogP contribution in [-0.4, -0.2) is 17.4 Å². The van der Waals surface area contributed by atoms with Gasteiger partial charge >= 0.3 is 0 Å². The van der Waals surface area contributed by atoms with Gasteiger partial charge in [-0.05, 0) is 12.3 Å². The summed E-state index contributed by atoms with van der Waals surface area (Å²) >= 11 is 1.44. The number of nitrogens with zero attached hydrogens (tertiary/aromatic N) is 1. The van der Waals surface area contributed by atoms with Gasteiger partial charge in [-0.3, -0.25) is 4.79 Å². The molecule has 13 heavy (non-hydrogen) atoms. The van der Waals surface area contributed by atoms with Crippen LogP contribution in [-0.2, 0) is 0 Å². The van der Waals surface area contributed by atoms with Crippen LogP contribution in [0.4, 0.5) is 0 Å². The van der Waals surface area contributed by atoms with Crippen LogP contribution in [0.15, 0.2) is 10.9 Å². The van der Waals surface area contributed by atoms with Gasteiger partial charge in [0.1, 0.15) is 5.69 Å². The highest BCUT2D eigenvalue weighted by Crippen LogP contribution is 2.01. The molecule has 0 spiro atoms. The molecule has 72 valence electrons. The van der Waals surface area contributed by atoms with Crippen LogP contribution in [0.5, 0.6) is 0 Å². The molecular formula is C9H14N2OS. The van der Waals surface area contributed by atoms with Crippen LogP contribution in [0.25, 0.3) is 0 Å². The van der Waals surface area contributed by atoms with Crippen molar-refractivity contribution in [2.75, 3.05) is 6.54 Å². The van der Waals surface area contributed by atoms with Crippen molar-refractivity contribution in [3.05, 3.63) is 16.6 Å². The number of carbonyl (C=O) groups excluding carboxylic acids is 1. The summed E-state index contributed by atoms with van der Waals surface area (Å²) in [6.07, 6.45) is 1.01. The van der Waals surface area contributed by atoms with Crippen molar-refractivity contribution in [1.82, 2.24) is 10.3 Å². The lowest BCUT2D eigenvalue weighted by molar-refractivity contribution is 0.0948. The van der Waals surface area contributed by atoms with E-state index in [1.807, 2.05) is 0 Å². The van der Waals surface area contributed by atoms with Gasteiger partial charge in [-0.25, -0.2) is 4.98 Å². The Balaban J connectivity index is 2.27. The Labute approximate surface area is 82.2 Å². The molecule has 1 aromatic rings. The van der Waals surface area contributed by atoms with E-state index in [0.29, 0.717) is 11.6 Å². The zero-order valence-electron chi connectivity index (χ0n) is 7.91. The van der Waals surface area contributed by atoms with Crippen molar-refractivity contribution >= 4 is 17.2 Å². The molecule has 0 saturated heterocycles. The monoisotopic (exact) mass is 198 g/mol. The summed E-state index contributed by atoms with van der Waals surface area (Å²) in [6.45, 7) is 5.00. The quantitative estimate of drug-likeness (QED) is 0.803. The van der Waals surface area contributed by atoms with E-state index in [1.54, 1.807) is 10.9 Å². The van der Waals surface area contributed by atoms with Gasteiger partial charge in [-0.15, -0.1) is 11.3 Å². The van der Waals surface area contributed by atoms with Gasteiger partial charge in [-0.1, -0.05) is 13.8 Å². The average molecular weight is 198 g/mol. The number of rotatable bonds is 4. The first-order valence-corrected chi connectivity index (χ1v) is 5.31. The van der Waals surface area contributed by atoms with Crippen molar-refractivity contribution in [3.8, 4) is 0 Å². The van der Waals surface area contributed by atoms with Crippen LogP contribution in [0.1, 0.15) is 30.8 Å². The van der Waals surface area contributed by atoms with Gasteiger partial charge in [0.15, 0.2) is 0 Å². The molecule has 0 aliphatic rings. The van der Waals surface area contributed by atoms with Crippen molar-refractivity contribution in [2.24, 2.45) is 5.92 Å². The zero-order valence-corrected chi connectivity index (χ0v) is 8.73. The van der Waals surface area contributed by atoms with E-state index in [-0.39, 0.29) is 5.91 Å². The SMILES string of the molecule is CC(C)CCNC(=O)c1cscn1. The highest BCUT2D eigenvalue weighted by molar-refractivity contribution is 7.07. The van der Waals surface area contributed by atoms with Gasteiger partial charge in [0.05, 0.1) is 5.51 Å². The zero-order chi connectivity index (χ0) is 9.68. The van der Waals surface area contributed by atoms with E-state index in [4.69, 9.17) is 0 Å². The number of thiazole rings is 1. The fourth-order valence-electron chi connectivity index (χ4n) is 0.890. The van der Waals surface area contributed by atoms with Crippen LogP contribution < -0.4 is 5.32 Å². The minimum Gasteiger partial charge on any atom is -0.351 e. The normalized spacial score (nSPS) is 10.4. The highest BCUT2D eigenvalue weighted by atomic mass is 32.1. The second-order valence-corrected chi connectivity index (χ2v) is 4.03. The summed E-state index contributed by atoms with van der Waals surface area (Å²) in [5.74, 6) is 0.553. The average Bonchev–Trinajstić information content (AvgIpc) is 2.55. The summed E-state index contributed by atoms with van der Waals surface area (Å²) in [7, 11) is 0. The fraction of sp³-hybridized carbons (Fsp3) is 0.556. The molecule has 1 N–H and O–H groups in total. The molecule has 0 saturated carbocycles. The number of nitrogens with one attached hydrogen (secondary N) is 1. The second kappa shape index (κ2) is 4.97. The maximum absolute atomic E-state index is 11.3. The maximum Gasteiger partial charge on any atom is 0.270 e. The molecule has 4 heteroatoms. The first kappa shape index (κ1) is 10.2. The Morgan fingerprint density at radius 3 is 3.00 bits per heavy atom. The molecule has 1 aromatic heterocycles. The van der Waals surface area contributed by atoms with Crippen LogP contribution >= 0.6 is 11.3 Å². The number of aromatic nitrogens is 1.